The number of methoxy groups -OCH3 is 1. The minimum Gasteiger partial charge on any atom is -0.494 e. The molecule has 5 aromatic carbocycles. The third-order valence-corrected chi connectivity index (χ3v) is 9.37. The summed E-state index contributed by atoms with van der Waals surface area (Å²) in [5, 5.41) is 28.1. The maximum absolute atomic E-state index is 12.6. The summed E-state index contributed by atoms with van der Waals surface area (Å²) in [5.41, 5.74) is 11.2. The van der Waals surface area contributed by atoms with Crippen LogP contribution in [0.25, 0.3) is 0 Å². The van der Waals surface area contributed by atoms with Gasteiger partial charge in [-0.25, -0.2) is 0 Å². The van der Waals surface area contributed by atoms with E-state index < -0.39 is 35.7 Å². The number of nitrogen functional groups attached to an aromatic ring is 1. The first-order valence-electron chi connectivity index (χ1n) is 15.4. The van der Waals surface area contributed by atoms with E-state index in [1.807, 2.05) is 13.8 Å². The predicted molar refractivity (Wildman–Crippen MR) is 197 cm³/mol. The number of hydrogen-bond donors (Lipinski definition) is 4. The Bertz CT molecular complexity index is 2550. The number of aryl methyl sites for hydroxylation is 3. The number of anilines is 2. The van der Waals surface area contributed by atoms with E-state index in [4.69, 9.17) is 10.5 Å². The van der Waals surface area contributed by atoms with Gasteiger partial charge in [-0.3, -0.25) is 13.9 Å². The number of nitrogens with two attached hydrogens (primary N) is 1. The largest absolute Gasteiger partial charge is 1.00 e. The van der Waals surface area contributed by atoms with Crippen LogP contribution in [0.1, 0.15) is 27.0 Å². The molecule has 0 aromatic heterocycles. The van der Waals surface area contributed by atoms with Gasteiger partial charge < -0.3 is 15.8 Å². The second-order valence-corrected chi connectivity index (χ2v) is 14.3. The fourth-order valence-electron chi connectivity index (χ4n) is 4.79. The summed E-state index contributed by atoms with van der Waals surface area (Å²) in [7, 11) is -7.98. The number of amides is 1. The molecule has 0 saturated heterocycles. The molecule has 0 heterocycles. The Hall–Kier alpha value is -5.21. The number of ether oxygens (including phenoxy) is 1. The molecule has 1 amide bonds. The van der Waals surface area contributed by atoms with E-state index in [0.717, 1.165) is 29.3 Å². The molecule has 0 unspecified atom stereocenters. The molecule has 0 spiro atoms. The van der Waals surface area contributed by atoms with Crippen molar-refractivity contribution in [2.45, 2.75) is 30.6 Å². The Balaban J connectivity index is 0.00000650. The van der Waals surface area contributed by atoms with Gasteiger partial charge in [0, 0.05) is 23.0 Å². The molecule has 5 rings (SSSR count). The number of carbonyl (C=O) groups is 1. The molecular formula is C35H32N8NaO8S2+. The number of nitrogens with zero attached hydrogens (tertiary/aromatic N) is 6. The first kappa shape index (κ1) is 41.5. The first-order chi connectivity index (χ1) is 25.0. The van der Waals surface area contributed by atoms with Crippen molar-refractivity contribution in [3.63, 3.8) is 0 Å². The smallest absolute Gasteiger partial charge is 0.494 e. The van der Waals surface area contributed by atoms with Crippen molar-refractivity contribution in [3.05, 3.63) is 113 Å². The molecule has 0 fully saturated rings. The van der Waals surface area contributed by atoms with E-state index in [0.29, 0.717) is 51.0 Å². The topological polar surface area (TPSA) is 247 Å². The van der Waals surface area contributed by atoms with Crippen LogP contribution in [-0.2, 0) is 20.2 Å². The van der Waals surface area contributed by atoms with E-state index in [2.05, 4.69) is 36.0 Å². The Kier molecular flexibility index (Phi) is 13.3. The van der Waals surface area contributed by atoms with Gasteiger partial charge in [0.25, 0.3) is 26.1 Å². The average Bonchev–Trinajstić information content (AvgIpc) is 3.09. The van der Waals surface area contributed by atoms with Gasteiger partial charge in [0.1, 0.15) is 22.0 Å². The summed E-state index contributed by atoms with van der Waals surface area (Å²) in [4.78, 5) is 11.3. The van der Waals surface area contributed by atoms with Crippen LogP contribution in [0, 0.1) is 20.8 Å². The fourth-order valence-corrected chi connectivity index (χ4v) is 5.89. The number of azo groups is 3. The zero-order chi connectivity index (χ0) is 38.5. The van der Waals surface area contributed by atoms with E-state index in [1.54, 1.807) is 73.7 Å². The molecule has 16 nitrogen and oxygen atoms in total. The number of nitrogens with one attached hydrogen (secondary N) is 1. The fraction of sp³-hybridized carbons (Fsp3) is 0.114. The van der Waals surface area contributed by atoms with Crippen molar-refractivity contribution in [2.75, 3.05) is 18.2 Å². The monoisotopic (exact) mass is 779 g/mol. The number of hydrogen-bond acceptors (Lipinski definition) is 13. The van der Waals surface area contributed by atoms with Crippen molar-refractivity contribution in [3.8, 4) is 5.75 Å². The Morgan fingerprint density at radius 3 is 1.80 bits per heavy atom. The van der Waals surface area contributed by atoms with Gasteiger partial charge in [-0.05, 0) is 122 Å². The molecule has 272 valence electrons. The molecule has 0 aliphatic rings. The van der Waals surface area contributed by atoms with Crippen LogP contribution in [0.2, 0.25) is 0 Å². The van der Waals surface area contributed by atoms with Gasteiger partial charge >= 0.3 is 29.6 Å². The van der Waals surface area contributed by atoms with E-state index in [1.165, 1.54) is 13.2 Å². The molecule has 0 bridgehead atoms. The van der Waals surface area contributed by atoms with Crippen LogP contribution in [0.3, 0.4) is 0 Å². The molecule has 19 heteroatoms. The van der Waals surface area contributed by atoms with Crippen molar-refractivity contribution < 1.29 is 65.0 Å². The predicted octanol–water partition coefficient (Wildman–Crippen LogP) is 6.20. The van der Waals surface area contributed by atoms with Crippen LogP contribution in [0.5, 0.6) is 5.75 Å². The zero-order valence-corrected chi connectivity index (χ0v) is 33.2. The third-order valence-electron chi connectivity index (χ3n) is 7.62. The van der Waals surface area contributed by atoms with Gasteiger partial charge in [0.2, 0.25) is 0 Å². The molecule has 0 aliphatic heterocycles. The SMILES string of the molecule is COc1cc(N=Nc2ccc(N=Nc3cc(S(=O)(=O)O)ccc3S(=O)(=O)O)c(C)c2)c(C)cc1N=Nc1ccc(NC(=O)c2ccc(N)cc2)cc1C.[Na+]. The minimum atomic E-state index is -4.79. The standard InChI is InChI=1S/C35H32N8O8S2.Na/c1-20-15-25(37-35(44)23-5-7-24(36)8-6-23)9-12-28(20)39-42-31-17-22(3)30(19-33(31)51-4)41-38-26-10-13-29(21(2)16-26)40-43-32-18-27(52(45,46)47)11-14-34(32)53(48,49)50;/h5-19H,36H2,1-4H3,(H,37,44)(H,45,46,47)(H,48,49,50);/q;+1. The molecule has 0 radical (unpaired) electrons. The Labute approximate surface area is 333 Å². The molecule has 5 N–H and O–H groups in total. The molecular weight excluding hydrogens is 748 g/mol. The van der Waals surface area contributed by atoms with Crippen molar-refractivity contribution in [2.24, 2.45) is 30.7 Å². The van der Waals surface area contributed by atoms with Crippen LogP contribution in [0.4, 0.5) is 45.5 Å². The van der Waals surface area contributed by atoms with Gasteiger partial charge in [-0.1, -0.05) is 0 Å². The third kappa shape index (κ3) is 10.5. The van der Waals surface area contributed by atoms with Crippen molar-refractivity contribution >= 4 is 71.6 Å². The quantitative estimate of drug-likeness (QED) is 0.0515. The van der Waals surface area contributed by atoms with Crippen molar-refractivity contribution in [1.82, 2.24) is 0 Å². The molecule has 5 aromatic rings. The molecule has 0 saturated carbocycles. The Morgan fingerprint density at radius 2 is 1.20 bits per heavy atom. The zero-order valence-electron chi connectivity index (χ0n) is 29.6. The molecule has 0 aliphatic carbocycles. The van der Waals surface area contributed by atoms with E-state index >= 15 is 0 Å². The van der Waals surface area contributed by atoms with Crippen LogP contribution in [-0.4, -0.2) is 39.0 Å². The van der Waals surface area contributed by atoms with Crippen molar-refractivity contribution in [1.29, 1.82) is 0 Å². The normalized spacial score (nSPS) is 12.0. The van der Waals surface area contributed by atoms with Gasteiger partial charge in [-0.2, -0.15) is 37.3 Å². The van der Waals surface area contributed by atoms with E-state index in [9.17, 15) is 30.7 Å². The maximum Gasteiger partial charge on any atom is 1.00 e. The second kappa shape index (κ2) is 17.3. The number of rotatable bonds is 11. The van der Waals surface area contributed by atoms with Crippen LogP contribution >= 0.6 is 0 Å². The van der Waals surface area contributed by atoms with Crippen LogP contribution in [0.15, 0.2) is 131 Å². The van der Waals surface area contributed by atoms with Crippen LogP contribution < -0.4 is 45.3 Å². The second-order valence-electron chi connectivity index (χ2n) is 11.5. The summed E-state index contributed by atoms with van der Waals surface area (Å²) >= 11 is 0. The van der Waals surface area contributed by atoms with Gasteiger partial charge in [0.05, 0.1) is 34.8 Å². The first-order valence-corrected chi connectivity index (χ1v) is 18.3. The minimum absolute atomic E-state index is 0. The summed E-state index contributed by atoms with van der Waals surface area (Å²) in [6.07, 6.45) is 0. The number of benzene rings is 5. The summed E-state index contributed by atoms with van der Waals surface area (Å²) < 4.78 is 71.0. The van der Waals surface area contributed by atoms with Gasteiger partial charge in [-0.15, -0.1) is 10.2 Å². The summed E-state index contributed by atoms with van der Waals surface area (Å²) in [6, 6.07) is 22.4. The number of carbonyl (C=O) groups excluding carboxylic acids is 1. The summed E-state index contributed by atoms with van der Waals surface area (Å²) in [5.74, 6) is 0.126. The molecule has 54 heavy (non-hydrogen) atoms. The molecule has 0 atom stereocenters. The van der Waals surface area contributed by atoms with E-state index in [-0.39, 0.29) is 41.2 Å². The maximum atomic E-state index is 12.6. The summed E-state index contributed by atoms with van der Waals surface area (Å²) in [6.45, 7) is 5.36. The Morgan fingerprint density at radius 1 is 0.630 bits per heavy atom. The van der Waals surface area contributed by atoms with Gasteiger partial charge in [0.15, 0.2) is 0 Å². The average molecular weight is 780 g/mol.